The Kier molecular flexibility index (Phi) is 4.56. The summed E-state index contributed by atoms with van der Waals surface area (Å²) in [5.74, 6) is -0.228. The van der Waals surface area contributed by atoms with E-state index in [1.165, 1.54) is 23.0 Å². The molecule has 0 unspecified atom stereocenters. The Bertz CT molecular complexity index is 733. The lowest BCUT2D eigenvalue weighted by Gasteiger charge is -1.99. The summed E-state index contributed by atoms with van der Waals surface area (Å²) in [5, 5.41) is 12.5. The molecule has 1 heterocycles. The van der Waals surface area contributed by atoms with Crippen LogP contribution in [-0.4, -0.2) is 5.91 Å². The first-order valence-corrected chi connectivity index (χ1v) is 7.38. The minimum absolute atomic E-state index is 0.228. The molecule has 0 fully saturated rings. The molecule has 4 heteroatoms. The summed E-state index contributed by atoms with van der Waals surface area (Å²) in [5.41, 5.74) is 3.63. The van der Waals surface area contributed by atoms with Crippen LogP contribution in [0.2, 0.25) is 0 Å². The molecule has 0 radical (unpaired) electrons. The Morgan fingerprint density at radius 2 is 1.90 bits per heavy atom. The van der Waals surface area contributed by atoms with E-state index in [2.05, 4.69) is 11.4 Å². The summed E-state index contributed by atoms with van der Waals surface area (Å²) < 4.78 is 0. The maximum absolute atomic E-state index is 11.9. The van der Waals surface area contributed by atoms with Gasteiger partial charge in [-0.2, -0.15) is 5.26 Å². The highest BCUT2D eigenvalue weighted by molar-refractivity contribution is 7.16. The van der Waals surface area contributed by atoms with Crippen molar-refractivity contribution < 1.29 is 4.79 Å². The van der Waals surface area contributed by atoms with Crippen molar-refractivity contribution in [3.05, 3.63) is 57.5 Å². The van der Waals surface area contributed by atoms with Gasteiger partial charge in [-0.3, -0.25) is 4.79 Å². The van der Waals surface area contributed by atoms with Crippen LogP contribution in [0.1, 0.15) is 27.1 Å². The molecule has 0 aliphatic rings. The summed E-state index contributed by atoms with van der Waals surface area (Å²) in [6, 6.07) is 10.1. The van der Waals surface area contributed by atoms with Crippen molar-refractivity contribution in [3.8, 4) is 6.07 Å². The fourth-order valence-electron chi connectivity index (χ4n) is 1.85. The molecule has 0 aliphatic carbocycles. The normalized spacial score (nSPS) is 10.6. The number of carbonyl (C=O) groups is 1. The average molecular weight is 296 g/mol. The number of amides is 1. The second kappa shape index (κ2) is 6.38. The molecule has 1 amide bonds. The van der Waals surface area contributed by atoms with Crippen molar-refractivity contribution in [2.45, 2.75) is 20.8 Å². The summed E-state index contributed by atoms with van der Waals surface area (Å²) in [6.45, 7) is 5.85. The van der Waals surface area contributed by atoms with Crippen molar-refractivity contribution in [2.24, 2.45) is 0 Å². The van der Waals surface area contributed by atoms with Crippen LogP contribution < -0.4 is 5.32 Å². The maximum Gasteiger partial charge on any atom is 0.249 e. The highest BCUT2D eigenvalue weighted by Gasteiger charge is 2.13. The Morgan fingerprint density at radius 3 is 2.52 bits per heavy atom. The fourth-order valence-corrected chi connectivity index (χ4v) is 2.87. The summed E-state index contributed by atoms with van der Waals surface area (Å²) >= 11 is 1.43. The van der Waals surface area contributed by atoms with Crippen LogP contribution in [-0.2, 0) is 4.79 Å². The first kappa shape index (κ1) is 15.0. The number of hydrogen-bond donors (Lipinski definition) is 1. The SMILES string of the molecule is Cc1ccc(C=CC(=O)Nc2sc(C)c(C)c2C#N)cc1. The van der Waals surface area contributed by atoms with E-state index in [4.69, 9.17) is 5.26 Å². The van der Waals surface area contributed by atoms with Gasteiger partial charge in [-0.15, -0.1) is 11.3 Å². The van der Waals surface area contributed by atoms with Crippen molar-refractivity contribution >= 4 is 28.3 Å². The van der Waals surface area contributed by atoms with Gasteiger partial charge in [0.25, 0.3) is 0 Å². The van der Waals surface area contributed by atoms with Gasteiger partial charge in [0.15, 0.2) is 0 Å². The zero-order chi connectivity index (χ0) is 15.4. The highest BCUT2D eigenvalue weighted by Crippen LogP contribution is 2.31. The van der Waals surface area contributed by atoms with Crippen molar-refractivity contribution in [1.82, 2.24) is 0 Å². The van der Waals surface area contributed by atoms with Crippen molar-refractivity contribution in [2.75, 3.05) is 5.32 Å². The fraction of sp³-hybridized carbons (Fsp3) is 0.176. The van der Waals surface area contributed by atoms with Crippen LogP contribution in [0.3, 0.4) is 0 Å². The Labute approximate surface area is 128 Å². The van der Waals surface area contributed by atoms with Gasteiger partial charge in [-0.1, -0.05) is 29.8 Å². The molecule has 0 saturated carbocycles. The minimum Gasteiger partial charge on any atom is -0.313 e. The van der Waals surface area contributed by atoms with Crippen LogP contribution in [0.5, 0.6) is 0 Å². The third-order valence-corrected chi connectivity index (χ3v) is 4.36. The van der Waals surface area contributed by atoms with Crippen molar-refractivity contribution in [1.29, 1.82) is 5.26 Å². The summed E-state index contributed by atoms with van der Waals surface area (Å²) in [7, 11) is 0. The van der Waals surface area contributed by atoms with Gasteiger partial charge in [-0.05, 0) is 38.0 Å². The molecule has 0 atom stereocenters. The predicted octanol–water partition coefficient (Wildman–Crippen LogP) is 4.20. The van der Waals surface area contributed by atoms with Gasteiger partial charge < -0.3 is 5.32 Å². The van der Waals surface area contributed by atoms with Crippen LogP contribution in [0, 0.1) is 32.1 Å². The van der Waals surface area contributed by atoms with Gasteiger partial charge >= 0.3 is 0 Å². The number of carbonyl (C=O) groups excluding carboxylic acids is 1. The predicted molar refractivity (Wildman–Crippen MR) is 87.4 cm³/mol. The van der Waals surface area contributed by atoms with Gasteiger partial charge in [0, 0.05) is 11.0 Å². The van der Waals surface area contributed by atoms with Gasteiger partial charge in [0.2, 0.25) is 5.91 Å². The van der Waals surface area contributed by atoms with Crippen LogP contribution in [0.15, 0.2) is 30.3 Å². The molecule has 0 bridgehead atoms. The van der Waals surface area contributed by atoms with Crippen LogP contribution in [0.4, 0.5) is 5.00 Å². The molecule has 1 aromatic heterocycles. The molecule has 1 aromatic carbocycles. The molecule has 0 spiro atoms. The zero-order valence-corrected chi connectivity index (χ0v) is 13.0. The number of nitriles is 1. The second-order valence-electron chi connectivity index (χ2n) is 4.83. The number of thiophene rings is 1. The molecule has 3 nitrogen and oxygen atoms in total. The van der Waals surface area contributed by atoms with E-state index in [0.717, 1.165) is 16.0 Å². The number of aryl methyl sites for hydroxylation is 2. The number of nitrogens with zero attached hydrogens (tertiary/aromatic N) is 1. The van der Waals surface area contributed by atoms with Crippen LogP contribution in [0.25, 0.3) is 6.08 Å². The lowest BCUT2D eigenvalue weighted by molar-refractivity contribution is -0.111. The Balaban J connectivity index is 2.10. The van der Waals surface area contributed by atoms with E-state index in [9.17, 15) is 4.79 Å². The molecule has 0 saturated heterocycles. The molecule has 2 rings (SSSR count). The first-order chi connectivity index (χ1) is 10.0. The zero-order valence-electron chi connectivity index (χ0n) is 12.2. The number of rotatable bonds is 3. The highest BCUT2D eigenvalue weighted by atomic mass is 32.1. The quantitative estimate of drug-likeness (QED) is 0.863. The van der Waals surface area contributed by atoms with Crippen molar-refractivity contribution in [3.63, 3.8) is 0 Å². The second-order valence-corrected chi connectivity index (χ2v) is 6.06. The van der Waals surface area contributed by atoms with Gasteiger partial charge in [-0.25, -0.2) is 0 Å². The number of anilines is 1. The standard InChI is InChI=1S/C17H16N2OS/c1-11-4-6-14(7-5-11)8-9-16(20)19-17-15(10-18)12(2)13(3)21-17/h4-9H,1-3H3,(H,19,20). The molecule has 0 aliphatic heterocycles. The number of benzene rings is 1. The average Bonchev–Trinajstić information content (AvgIpc) is 2.72. The van der Waals surface area contributed by atoms with E-state index >= 15 is 0 Å². The minimum atomic E-state index is -0.228. The molecule has 106 valence electrons. The molecular formula is C17H16N2OS. The smallest absolute Gasteiger partial charge is 0.249 e. The molecular weight excluding hydrogens is 280 g/mol. The largest absolute Gasteiger partial charge is 0.313 e. The van der Waals surface area contributed by atoms with E-state index in [-0.39, 0.29) is 5.91 Å². The lowest BCUT2D eigenvalue weighted by atomic mass is 10.1. The van der Waals surface area contributed by atoms with E-state index in [0.29, 0.717) is 10.6 Å². The van der Waals surface area contributed by atoms with Gasteiger partial charge in [0.1, 0.15) is 11.1 Å². The van der Waals surface area contributed by atoms with Gasteiger partial charge in [0.05, 0.1) is 5.56 Å². The molecule has 21 heavy (non-hydrogen) atoms. The van der Waals surface area contributed by atoms with Crippen LogP contribution >= 0.6 is 11.3 Å². The third-order valence-electron chi connectivity index (χ3n) is 3.24. The summed E-state index contributed by atoms with van der Waals surface area (Å²) in [4.78, 5) is 13.0. The monoisotopic (exact) mass is 296 g/mol. The Morgan fingerprint density at radius 1 is 1.24 bits per heavy atom. The topological polar surface area (TPSA) is 52.9 Å². The number of nitrogens with one attached hydrogen (secondary N) is 1. The van der Waals surface area contributed by atoms with E-state index in [1.807, 2.05) is 45.0 Å². The lowest BCUT2D eigenvalue weighted by Crippen LogP contribution is -2.07. The Hall–Kier alpha value is -2.38. The maximum atomic E-state index is 11.9. The molecule has 2 aromatic rings. The molecule has 1 N–H and O–H groups in total. The van der Waals surface area contributed by atoms with E-state index in [1.54, 1.807) is 6.08 Å². The first-order valence-electron chi connectivity index (χ1n) is 6.57. The van der Waals surface area contributed by atoms with E-state index < -0.39 is 0 Å². The number of hydrogen-bond acceptors (Lipinski definition) is 3. The third kappa shape index (κ3) is 3.59. The summed E-state index contributed by atoms with van der Waals surface area (Å²) in [6.07, 6.45) is 3.24.